The monoisotopic (exact) mass is 415 g/mol. The van der Waals surface area contributed by atoms with Crippen molar-refractivity contribution in [2.75, 3.05) is 25.5 Å². The first kappa shape index (κ1) is 20.0. The van der Waals surface area contributed by atoms with Crippen LogP contribution >= 0.6 is 22.7 Å². The minimum absolute atomic E-state index is 0.0186. The molecule has 28 heavy (non-hydrogen) atoms. The molecule has 146 valence electrons. The lowest BCUT2D eigenvalue weighted by atomic mass is 10.2. The number of likely N-dealkylation sites (N-methyl/N-ethyl adjacent to an activating group) is 1. The molecule has 0 saturated heterocycles. The average molecular weight is 416 g/mol. The zero-order valence-corrected chi connectivity index (χ0v) is 17.3. The summed E-state index contributed by atoms with van der Waals surface area (Å²) in [5.41, 5.74) is 1.31. The van der Waals surface area contributed by atoms with Crippen LogP contribution in [0, 0.1) is 0 Å². The molecule has 0 saturated carbocycles. The van der Waals surface area contributed by atoms with Crippen molar-refractivity contribution in [3.63, 3.8) is 0 Å². The Morgan fingerprint density at radius 1 is 1.18 bits per heavy atom. The normalized spacial score (nSPS) is 10.5. The van der Waals surface area contributed by atoms with Crippen molar-refractivity contribution in [3.8, 4) is 15.6 Å². The first-order valence-electron chi connectivity index (χ1n) is 8.79. The van der Waals surface area contributed by atoms with Crippen LogP contribution in [0.1, 0.15) is 12.6 Å². The van der Waals surface area contributed by atoms with E-state index in [1.807, 2.05) is 41.9 Å². The molecular formula is C20H21N3O3S2. The van der Waals surface area contributed by atoms with E-state index in [1.165, 1.54) is 16.2 Å². The Labute approximate surface area is 171 Å². The Bertz CT molecular complexity index is 938. The third-order valence-electron chi connectivity index (χ3n) is 4.07. The van der Waals surface area contributed by atoms with Gasteiger partial charge < -0.3 is 15.0 Å². The van der Waals surface area contributed by atoms with Gasteiger partial charge in [0.05, 0.1) is 36.3 Å². The van der Waals surface area contributed by atoms with Gasteiger partial charge in [-0.2, -0.15) is 0 Å². The zero-order valence-electron chi connectivity index (χ0n) is 15.7. The number of methoxy groups -OCH3 is 1. The molecule has 0 aliphatic heterocycles. The summed E-state index contributed by atoms with van der Waals surface area (Å²) >= 11 is 3.14. The van der Waals surface area contributed by atoms with Gasteiger partial charge in [0.1, 0.15) is 10.8 Å². The van der Waals surface area contributed by atoms with Crippen molar-refractivity contribution in [1.29, 1.82) is 0 Å². The second kappa shape index (κ2) is 9.48. The number of nitrogens with zero attached hydrogens (tertiary/aromatic N) is 2. The van der Waals surface area contributed by atoms with Crippen LogP contribution in [0.15, 0.2) is 47.2 Å². The molecule has 0 radical (unpaired) electrons. The summed E-state index contributed by atoms with van der Waals surface area (Å²) in [4.78, 5) is 32.2. The first-order valence-corrected chi connectivity index (χ1v) is 10.6. The van der Waals surface area contributed by atoms with Gasteiger partial charge in [-0.1, -0.05) is 18.2 Å². The Morgan fingerprint density at radius 2 is 2.00 bits per heavy atom. The molecule has 0 fully saturated rings. The van der Waals surface area contributed by atoms with E-state index in [2.05, 4.69) is 10.3 Å². The zero-order chi connectivity index (χ0) is 19.9. The molecule has 1 aromatic carbocycles. The maximum Gasteiger partial charge on any atom is 0.244 e. The number of thiazole rings is 1. The number of thiophene rings is 1. The number of nitrogens with one attached hydrogen (secondary N) is 1. The third-order valence-corrected chi connectivity index (χ3v) is 6.00. The molecule has 3 aromatic rings. The number of carbonyl (C=O) groups excluding carboxylic acids is 2. The molecule has 2 heterocycles. The second-order valence-corrected chi connectivity index (χ2v) is 7.76. The smallest absolute Gasteiger partial charge is 0.244 e. The SMILES string of the molecule is CCN(CC(=O)Nc1ccccc1OC)C(=O)Cc1csc(-c2cccs2)n1. The number of rotatable bonds is 8. The van der Waals surface area contributed by atoms with Crippen LogP contribution in [0.4, 0.5) is 5.69 Å². The molecule has 0 bridgehead atoms. The number of anilines is 1. The van der Waals surface area contributed by atoms with E-state index in [0.29, 0.717) is 18.0 Å². The highest BCUT2D eigenvalue weighted by molar-refractivity contribution is 7.20. The molecule has 0 aliphatic rings. The minimum atomic E-state index is -0.266. The summed E-state index contributed by atoms with van der Waals surface area (Å²) in [5, 5.41) is 7.61. The highest BCUT2D eigenvalue weighted by atomic mass is 32.1. The summed E-state index contributed by atoms with van der Waals surface area (Å²) in [6.45, 7) is 2.28. The number of hydrogen-bond donors (Lipinski definition) is 1. The second-order valence-electron chi connectivity index (χ2n) is 5.95. The van der Waals surface area contributed by atoms with Gasteiger partial charge in [0.2, 0.25) is 11.8 Å². The van der Waals surface area contributed by atoms with Gasteiger partial charge in [-0.05, 0) is 30.5 Å². The molecule has 3 rings (SSSR count). The summed E-state index contributed by atoms with van der Waals surface area (Å²) in [7, 11) is 1.55. The number of ether oxygens (including phenoxy) is 1. The summed E-state index contributed by atoms with van der Waals surface area (Å²) in [6, 6.07) is 11.2. The highest BCUT2D eigenvalue weighted by Gasteiger charge is 2.18. The summed E-state index contributed by atoms with van der Waals surface area (Å²) in [6.07, 6.45) is 0.178. The number of aromatic nitrogens is 1. The van der Waals surface area contributed by atoms with Gasteiger partial charge in [-0.15, -0.1) is 22.7 Å². The molecule has 2 amide bonds. The Morgan fingerprint density at radius 3 is 2.71 bits per heavy atom. The number of amides is 2. The van der Waals surface area contributed by atoms with Crippen molar-refractivity contribution in [1.82, 2.24) is 9.88 Å². The fraction of sp³-hybridized carbons (Fsp3) is 0.250. The Kier molecular flexibility index (Phi) is 6.78. The van der Waals surface area contributed by atoms with E-state index in [9.17, 15) is 9.59 Å². The predicted molar refractivity (Wildman–Crippen MR) is 113 cm³/mol. The maximum absolute atomic E-state index is 12.6. The fourth-order valence-corrected chi connectivity index (χ4v) is 4.29. The van der Waals surface area contributed by atoms with Gasteiger partial charge in [0, 0.05) is 11.9 Å². The van der Waals surface area contributed by atoms with E-state index in [-0.39, 0.29) is 24.8 Å². The van der Waals surface area contributed by atoms with E-state index < -0.39 is 0 Å². The van der Waals surface area contributed by atoms with Gasteiger partial charge in [0.15, 0.2) is 0 Å². The summed E-state index contributed by atoms with van der Waals surface area (Å²) < 4.78 is 5.24. The lowest BCUT2D eigenvalue weighted by Gasteiger charge is -2.20. The lowest BCUT2D eigenvalue weighted by Crippen LogP contribution is -2.38. The molecule has 0 aliphatic carbocycles. The lowest BCUT2D eigenvalue weighted by molar-refractivity contribution is -0.133. The standard InChI is InChI=1S/C20H21N3O3S2/c1-3-23(12-18(24)22-15-7-4-5-8-16(15)26-2)19(25)11-14-13-28-20(21-14)17-9-6-10-27-17/h4-10,13H,3,11-12H2,1-2H3,(H,22,24). The quantitative estimate of drug-likeness (QED) is 0.605. The van der Waals surface area contributed by atoms with Crippen LogP contribution in [-0.4, -0.2) is 41.9 Å². The average Bonchev–Trinajstić information content (AvgIpc) is 3.38. The van der Waals surface area contributed by atoms with Crippen LogP contribution in [0.25, 0.3) is 9.88 Å². The van der Waals surface area contributed by atoms with E-state index in [0.717, 1.165) is 15.6 Å². The van der Waals surface area contributed by atoms with Gasteiger partial charge in [-0.25, -0.2) is 4.98 Å². The number of hydrogen-bond acceptors (Lipinski definition) is 6. The fourth-order valence-electron chi connectivity index (χ4n) is 2.66. The van der Waals surface area contributed by atoms with Crippen molar-refractivity contribution in [3.05, 3.63) is 52.9 Å². The first-order chi connectivity index (χ1) is 13.6. The molecule has 6 nitrogen and oxygen atoms in total. The van der Waals surface area contributed by atoms with Gasteiger partial charge in [-0.3, -0.25) is 9.59 Å². The van der Waals surface area contributed by atoms with Crippen molar-refractivity contribution < 1.29 is 14.3 Å². The van der Waals surface area contributed by atoms with E-state index >= 15 is 0 Å². The molecule has 0 atom stereocenters. The molecule has 2 aromatic heterocycles. The van der Waals surface area contributed by atoms with Crippen LogP contribution < -0.4 is 10.1 Å². The third kappa shape index (κ3) is 4.96. The number of benzene rings is 1. The Balaban J connectivity index is 1.59. The number of para-hydroxylation sites is 2. The van der Waals surface area contributed by atoms with Gasteiger partial charge >= 0.3 is 0 Å². The minimum Gasteiger partial charge on any atom is -0.495 e. The van der Waals surface area contributed by atoms with E-state index in [1.54, 1.807) is 30.6 Å². The molecular weight excluding hydrogens is 394 g/mol. The topological polar surface area (TPSA) is 71.5 Å². The van der Waals surface area contributed by atoms with Crippen LogP contribution in [-0.2, 0) is 16.0 Å². The maximum atomic E-state index is 12.6. The van der Waals surface area contributed by atoms with Crippen LogP contribution in [0.2, 0.25) is 0 Å². The molecule has 0 unspecified atom stereocenters. The summed E-state index contributed by atoms with van der Waals surface area (Å²) in [5.74, 6) is 0.187. The predicted octanol–water partition coefficient (Wildman–Crippen LogP) is 3.91. The van der Waals surface area contributed by atoms with Crippen molar-refractivity contribution >= 4 is 40.2 Å². The van der Waals surface area contributed by atoms with Crippen LogP contribution in [0.5, 0.6) is 5.75 Å². The van der Waals surface area contributed by atoms with Gasteiger partial charge in [0.25, 0.3) is 0 Å². The molecule has 8 heteroatoms. The van der Waals surface area contributed by atoms with Crippen molar-refractivity contribution in [2.45, 2.75) is 13.3 Å². The largest absolute Gasteiger partial charge is 0.495 e. The molecule has 0 spiro atoms. The van der Waals surface area contributed by atoms with Crippen LogP contribution in [0.3, 0.4) is 0 Å². The molecule has 1 N–H and O–H groups in total. The van der Waals surface area contributed by atoms with Crippen molar-refractivity contribution in [2.24, 2.45) is 0 Å². The highest BCUT2D eigenvalue weighted by Crippen LogP contribution is 2.28. The Hall–Kier alpha value is -2.71. The van der Waals surface area contributed by atoms with E-state index in [4.69, 9.17) is 4.74 Å². The number of carbonyl (C=O) groups is 2.